The topological polar surface area (TPSA) is 87.4 Å². The fourth-order valence-electron chi connectivity index (χ4n) is 5.67. The first-order valence-corrected chi connectivity index (χ1v) is 12.9. The van der Waals surface area contributed by atoms with E-state index in [0.717, 1.165) is 49.1 Å². The summed E-state index contributed by atoms with van der Waals surface area (Å²) in [5.41, 5.74) is 3.04. The summed E-state index contributed by atoms with van der Waals surface area (Å²) in [6.45, 7) is 8.25. The van der Waals surface area contributed by atoms with Crippen LogP contribution in [0.3, 0.4) is 0 Å². The summed E-state index contributed by atoms with van der Waals surface area (Å²) in [4.78, 5) is 26.3. The molecule has 1 unspecified atom stereocenters. The van der Waals surface area contributed by atoms with Gasteiger partial charge in [-0.2, -0.15) is 5.10 Å². The maximum Gasteiger partial charge on any atom is 0.309 e. The number of carbonyl (C=O) groups is 1. The molecule has 194 valence electrons. The molecular weight excluding hydrogens is 523 g/mol. The van der Waals surface area contributed by atoms with E-state index < -0.39 is 11.9 Å². The Labute approximate surface area is 227 Å². The smallest absolute Gasteiger partial charge is 0.309 e. The highest BCUT2D eigenvalue weighted by Gasteiger charge is 2.41. The second-order valence-electron chi connectivity index (χ2n) is 9.75. The van der Waals surface area contributed by atoms with Crippen molar-refractivity contribution in [2.75, 3.05) is 24.5 Å². The van der Waals surface area contributed by atoms with Crippen molar-refractivity contribution in [2.45, 2.75) is 58.2 Å². The second-order valence-corrected chi connectivity index (χ2v) is 10.6. The summed E-state index contributed by atoms with van der Waals surface area (Å²) in [6.07, 6.45) is 4.79. The van der Waals surface area contributed by atoms with Crippen LogP contribution in [0.5, 0.6) is 0 Å². The molecule has 1 aromatic carbocycles. The van der Waals surface area contributed by atoms with Crippen LogP contribution in [-0.4, -0.2) is 67.4 Å². The van der Waals surface area contributed by atoms with E-state index in [9.17, 15) is 9.90 Å². The predicted molar refractivity (Wildman–Crippen MR) is 145 cm³/mol. The number of aliphatic carboxylic acids is 1. The third kappa shape index (κ3) is 4.88. The lowest BCUT2D eigenvalue weighted by Crippen LogP contribution is -2.54. The molecule has 2 aromatic heterocycles. The van der Waals surface area contributed by atoms with Gasteiger partial charge in [0.15, 0.2) is 5.65 Å². The van der Waals surface area contributed by atoms with Crippen molar-refractivity contribution in [3.8, 4) is 0 Å². The number of anilines is 1. The molecule has 0 saturated carbocycles. The van der Waals surface area contributed by atoms with E-state index >= 15 is 0 Å². The lowest BCUT2D eigenvalue weighted by Gasteiger charge is -2.42. The number of hydrogen-bond donors (Lipinski definition) is 1. The molecule has 3 aromatic rings. The van der Waals surface area contributed by atoms with Crippen LogP contribution in [-0.2, 0) is 4.79 Å². The van der Waals surface area contributed by atoms with Crippen LogP contribution in [0.1, 0.15) is 50.4 Å². The van der Waals surface area contributed by atoms with Gasteiger partial charge >= 0.3 is 5.97 Å². The molecule has 8 nitrogen and oxygen atoms in total. The number of nitrogens with zero attached hydrogens (tertiary/aromatic N) is 6. The zero-order valence-corrected chi connectivity index (χ0v) is 22.9. The first kappa shape index (κ1) is 26.9. The van der Waals surface area contributed by atoms with Crippen molar-refractivity contribution < 1.29 is 9.90 Å². The molecule has 36 heavy (non-hydrogen) atoms. The number of carboxylic acids is 1. The zero-order chi connectivity index (χ0) is 24.9. The minimum absolute atomic E-state index is 0. The highest BCUT2D eigenvalue weighted by molar-refractivity contribution is 6.35. The van der Waals surface area contributed by atoms with E-state index in [1.54, 1.807) is 12.3 Å². The van der Waals surface area contributed by atoms with Gasteiger partial charge < -0.3 is 10.0 Å². The minimum atomic E-state index is -0.750. The number of aryl methyl sites for hydroxylation is 1. The Morgan fingerprint density at radius 2 is 2.00 bits per heavy atom. The molecule has 4 atom stereocenters. The highest BCUT2D eigenvalue weighted by Crippen LogP contribution is 2.33. The van der Waals surface area contributed by atoms with Crippen LogP contribution in [0.4, 0.5) is 5.82 Å². The average molecular weight is 554 g/mol. The summed E-state index contributed by atoms with van der Waals surface area (Å²) in [5.74, 6) is -0.549. The fourth-order valence-corrected chi connectivity index (χ4v) is 6.24. The number of hydrogen-bond acceptors (Lipinski definition) is 6. The summed E-state index contributed by atoms with van der Waals surface area (Å²) in [6, 6.07) is 5.74. The van der Waals surface area contributed by atoms with E-state index in [1.165, 1.54) is 0 Å². The molecule has 11 heteroatoms. The van der Waals surface area contributed by atoms with Crippen molar-refractivity contribution in [3.63, 3.8) is 0 Å². The Balaban J connectivity index is 0.00000304. The van der Waals surface area contributed by atoms with Crippen LogP contribution in [0.25, 0.3) is 11.2 Å². The van der Waals surface area contributed by atoms with Gasteiger partial charge in [-0.15, -0.1) is 12.4 Å². The van der Waals surface area contributed by atoms with E-state index in [-0.39, 0.29) is 24.5 Å². The monoisotopic (exact) mass is 552 g/mol. The molecule has 0 bridgehead atoms. The molecule has 0 amide bonds. The molecule has 5 rings (SSSR count). The van der Waals surface area contributed by atoms with Crippen LogP contribution >= 0.6 is 35.6 Å². The fraction of sp³-hybridized carbons (Fsp3) is 0.520. The summed E-state index contributed by atoms with van der Waals surface area (Å²) in [7, 11) is 0. The van der Waals surface area contributed by atoms with Crippen molar-refractivity contribution in [1.82, 2.24) is 24.6 Å². The summed E-state index contributed by atoms with van der Waals surface area (Å²) < 4.78 is 1.84. The average Bonchev–Trinajstić information content (AvgIpc) is 3.40. The third-order valence-electron chi connectivity index (χ3n) is 7.59. The van der Waals surface area contributed by atoms with E-state index in [4.69, 9.17) is 33.3 Å². The number of halogens is 3. The van der Waals surface area contributed by atoms with Crippen molar-refractivity contribution in [2.24, 2.45) is 5.92 Å². The number of benzene rings is 1. The molecule has 0 aliphatic carbocycles. The molecule has 2 aliphatic rings. The van der Waals surface area contributed by atoms with Gasteiger partial charge in [0.2, 0.25) is 0 Å². The van der Waals surface area contributed by atoms with E-state index in [2.05, 4.69) is 21.7 Å². The van der Waals surface area contributed by atoms with Gasteiger partial charge in [0.25, 0.3) is 0 Å². The Kier molecular flexibility index (Phi) is 8.00. The first-order valence-electron chi connectivity index (χ1n) is 12.1. The maximum atomic E-state index is 12.3. The number of aromatic nitrogens is 4. The third-order valence-corrected chi connectivity index (χ3v) is 8.15. The summed E-state index contributed by atoms with van der Waals surface area (Å²) in [5, 5.41) is 15.9. The van der Waals surface area contributed by atoms with Crippen LogP contribution in [0.15, 0.2) is 24.4 Å². The normalized spacial score (nSPS) is 23.6. The van der Waals surface area contributed by atoms with Gasteiger partial charge in [-0.1, -0.05) is 29.3 Å². The number of likely N-dealkylation sites (tertiary alicyclic amines) is 1. The number of piperidine rings is 1. The SMILES string of the molecule is Cc1nn(C(C)c2ccc(Cl)cc2Cl)c2nc(N3CC[C@H](N4CCC[C@H]4C)[C@H](C(=O)O)C3)cnc12.Cl. The molecule has 2 fully saturated rings. The van der Waals surface area contributed by atoms with E-state index in [0.29, 0.717) is 34.1 Å². The highest BCUT2D eigenvalue weighted by atomic mass is 35.5. The van der Waals surface area contributed by atoms with Crippen LogP contribution < -0.4 is 4.90 Å². The molecule has 1 N–H and O–H groups in total. The van der Waals surface area contributed by atoms with Crippen molar-refractivity contribution in [1.29, 1.82) is 0 Å². The van der Waals surface area contributed by atoms with Crippen molar-refractivity contribution in [3.05, 3.63) is 45.7 Å². The predicted octanol–water partition coefficient (Wildman–Crippen LogP) is 5.24. The Morgan fingerprint density at radius 3 is 2.67 bits per heavy atom. The first-order chi connectivity index (χ1) is 16.7. The lowest BCUT2D eigenvalue weighted by molar-refractivity contribution is -0.144. The molecule has 2 aliphatic heterocycles. The van der Waals surface area contributed by atoms with Gasteiger partial charge in [0.05, 0.1) is 23.9 Å². The van der Waals surface area contributed by atoms with Gasteiger partial charge in [-0.05, 0) is 64.3 Å². The molecule has 4 heterocycles. The van der Waals surface area contributed by atoms with Gasteiger partial charge in [-0.25, -0.2) is 14.6 Å². The van der Waals surface area contributed by atoms with Crippen molar-refractivity contribution >= 4 is 58.6 Å². The summed E-state index contributed by atoms with van der Waals surface area (Å²) >= 11 is 12.6. The maximum absolute atomic E-state index is 12.3. The Hall–Kier alpha value is -2.13. The quantitative estimate of drug-likeness (QED) is 0.462. The minimum Gasteiger partial charge on any atom is -0.481 e. The van der Waals surface area contributed by atoms with Gasteiger partial charge in [0.1, 0.15) is 11.3 Å². The lowest BCUT2D eigenvalue weighted by atomic mass is 9.90. The Morgan fingerprint density at radius 1 is 1.22 bits per heavy atom. The Bertz CT molecular complexity index is 1270. The number of rotatable bonds is 5. The molecule has 2 saturated heterocycles. The zero-order valence-electron chi connectivity index (χ0n) is 20.6. The van der Waals surface area contributed by atoms with Gasteiger partial charge in [0, 0.05) is 35.2 Å². The van der Waals surface area contributed by atoms with E-state index in [1.807, 2.05) is 30.7 Å². The number of fused-ring (bicyclic) bond motifs is 1. The molecule has 0 spiro atoms. The second kappa shape index (κ2) is 10.7. The van der Waals surface area contributed by atoms with Gasteiger partial charge in [-0.3, -0.25) is 9.69 Å². The standard InChI is InChI=1S/C25H30Cl2N6O2.ClH/c1-14-5-4-9-32(14)21-8-10-31(13-19(21)25(34)35)22-12-28-23-15(2)30-33(24(23)29-22)16(3)18-7-6-17(26)11-20(18)27;/h6-7,11-12,14,16,19,21H,4-5,8-10,13H2,1-3H3,(H,34,35);1H/t14-,16?,19-,21+;/m1./s1. The largest absolute Gasteiger partial charge is 0.481 e. The molecular formula is C25H31Cl3N6O2. The number of carboxylic acid groups (broad SMARTS) is 1. The van der Waals surface area contributed by atoms with Crippen LogP contribution in [0, 0.1) is 12.8 Å². The molecule has 0 radical (unpaired) electrons. The van der Waals surface area contributed by atoms with Crippen LogP contribution in [0.2, 0.25) is 10.0 Å².